The molecule has 1 unspecified atom stereocenters. The van der Waals surface area contributed by atoms with E-state index in [-0.39, 0.29) is 24.8 Å². The fourth-order valence-electron chi connectivity index (χ4n) is 4.68. The molecule has 3 heterocycles. The van der Waals surface area contributed by atoms with Crippen molar-refractivity contribution in [3.05, 3.63) is 53.3 Å². The highest BCUT2D eigenvalue weighted by Gasteiger charge is 2.43. The SMILES string of the molecule is Cc1nc2cc(OC[C@H](O)CN3CCN(C4CC(=O)N(c5ccc(F)cc5)C4=O)CC3)ccc2s1. The number of amides is 2. The predicted octanol–water partition coefficient (Wildman–Crippen LogP) is 2.43. The van der Waals surface area contributed by atoms with Gasteiger partial charge in [-0.1, -0.05) is 0 Å². The Kier molecular flexibility index (Phi) is 6.79. The Labute approximate surface area is 206 Å². The topological polar surface area (TPSA) is 86.2 Å². The summed E-state index contributed by atoms with van der Waals surface area (Å²) in [6.07, 6.45) is -0.534. The second-order valence-electron chi connectivity index (χ2n) is 8.93. The number of ether oxygens (including phenoxy) is 1. The summed E-state index contributed by atoms with van der Waals surface area (Å²) in [5.74, 6) is -0.270. The van der Waals surface area contributed by atoms with Gasteiger partial charge in [-0.3, -0.25) is 19.4 Å². The van der Waals surface area contributed by atoms with E-state index in [4.69, 9.17) is 4.74 Å². The maximum absolute atomic E-state index is 13.2. The number of aryl methyl sites for hydroxylation is 1. The molecule has 1 N–H and O–H groups in total. The summed E-state index contributed by atoms with van der Waals surface area (Å²) in [5.41, 5.74) is 1.29. The monoisotopic (exact) mass is 498 g/mol. The summed E-state index contributed by atoms with van der Waals surface area (Å²) >= 11 is 1.63. The van der Waals surface area contributed by atoms with Crippen LogP contribution < -0.4 is 9.64 Å². The van der Waals surface area contributed by atoms with Gasteiger partial charge in [0.2, 0.25) is 5.91 Å². The van der Waals surface area contributed by atoms with Gasteiger partial charge >= 0.3 is 0 Å². The summed E-state index contributed by atoms with van der Waals surface area (Å²) in [4.78, 5) is 35.3. The van der Waals surface area contributed by atoms with Crippen LogP contribution in [0.1, 0.15) is 11.4 Å². The number of aliphatic hydroxyl groups excluding tert-OH is 1. The number of halogens is 1. The lowest BCUT2D eigenvalue weighted by Gasteiger charge is -2.37. The molecule has 5 rings (SSSR count). The van der Waals surface area contributed by atoms with Gasteiger partial charge in [-0.05, 0) is 43.3 Å². The number of rotatable bonds is 7. The van der Waals surface area contributed by atoms with Gasteiger partial charge in [-0.2, -0.15) is 0 Å². The molecule has 2 fully saturated rings. The zero-order valence-corrected chi connectivity index (χ0v) is 20.2. The molecule has 0 bridgehead atoms. The smallest absolute Gasteiger partial charge is 0.251 e. The number of hydrogen-bond donors (Lipinski definition) is 1. The van der Waals surface area contributed by atoms with Crippen molar-refractivity contribution in [3.63, 3.8) is 0 Å². The lowest BCUT2D eigenvalue weighted by Crippen LogP contribution is -2.54. The van der Waals surface area contributed by atoms with Crippen molar-refractivity contribution < 1.29 is 23.8 Å². The lowest BCUT2D eigenvalue weighted by atomic mass is 10.1. The molecule has 3 aromatic rings. The van der Waals surface area contributed by atoms with E-state index in [0.717, 1.165) is 20.1 Å². The predicted molar refractivity (Wildman–Crippen MR) is 131 cm³/mol. The normalized spacial score (nSPS) is 20.7. The molecule has 35 heavy (non-hydrogen) atoms. The third-order valence-corrected chi connectivity index (χ3v) is 7.38. The van der Waals surface area contributed by atoms with Crippen LogP contribution in [0.15, 0.2) is 42.5 Å². The molecule has 1 aromatic heterocycles. The third-order valence-electron chi connectivity index (χ3n) is 6.43. The Hall–Kier alpha value is -2.92. The van der Waals surface area contributed by atoms with Gasteiger partial charge < -0.3 is 9.84 Å². The van der Waals surface area contributed by atoms with E-state index in [9.17, 15) is 19.1 Å². The summed E-state index contributed by atoms with van der Waals surface area (Å²) < 4.78 is 20.1. The van der Waals surface area contributed by atoms with Crippen molar-refractivity contribution >= 4 is 39.1 Å². The molecule has 184 valence electrons. The first-order valence-electron chi connectivity index (χ1n) is 11.6. The van der Waals surface area contributed by atoms with Crippen LogP contribution >= 0.6 is 11.3 Å². The Morgan fingerprint density at radius 1 is 1.14 bits per heavy atom. The number of anilines is 1. The van der Waals surface area contributed by atoms with Gasteiger partial charge in [0.1, 0.15) is 24.3 Å². The Morgan fingerprint density at radius 3 is 2.63 bits per heavy atom. The molecule has 0 saturated carbocycles. The van der Waals surface area contributed by atoms with Crippen LogP contribution in [0.25, 0.3) is 10.2 Å². The van der Waals surface area contributed by atoms with Crippen molar-refractivity contribution in [2.75, 3.05) is 44.2 Å². The minimum absolute atomic E-state index is 0.121. The van der Waals surface area contributed by atoms with Crippen LogP contribution in [0.5, 0.6) is 5.75 Å². The first kappa shape index (κ1) is 23.8. The highest BCUT2D eigenvalue weighted by molar-refractivity contribution is 7.18. The first-order valence-corrected chi connectivity index (χ1v) is 12.5. The molecule has 2 amide bonds. The molecule has 10 heteroatoms. The van der Waals surface area contributed by atoms with Crippen molar-refractivity contribution in [1.82, 2.24) is 14.8 Å². The number of aliphatic hydroxyl groups is 1. The molecule has 8 nitrogen and oxygen atoms in total. The van der Waals surface area contributed by atoms with Gasteiger partial charge in [0.25, 0.3) is 5.91 Å². The molecule has 0 aliphatic carbocycles. The lowest BCUT2D eigenvalue weighted by molar-refractivity contribution is -0.123. The van der Waals surface area contributed by atoms with E-state index in [2.05, 4.69) is 9.88 Å². The molecular formula is C25H27FN4O4S. The van der Waals surface area contributed by atoms with Gasteiger partial charge in [0.15, 0.2) is 0 Å². The van der Waals surface area contributed by atoms with Crippen LogP contribution in [-0.2, 0) is 9.59 Å². The Balaban J connectivity index is 1.10. The van der Waals surface area contributed by atoms with Crippen LogP contribution in [0.4, 0.5) is 10.1 Å². The number of β-amino-alcohol motifs (C(OH)–C–C–N with tert-alkyl or cyclic N) is 1. The van der Waals surface area contributed by atoms with Crippen LogP contribution in [0.3, 0.4) is 0 Å². The van der Waals surface area contributed by atoms with Crippen LogP contribution in [0, 0.1) is 12.7 Å². The quantitative estimate of drug-likeness (QED) is 0.501. The van der Waals surface area contributed by atoms with Crippen LogP contribution in [0.2, 0.25) is 0 Å². The maximum atomic E-state index is 13.2. The van der Waals surface area contributed by atoms with Gasteiger partial charge in [0.05, 0.1) is 33.4 Å². The molecular weight excluding hydrogens is 471 g/mol. The molecule has 0 spiro atoms. The fourth-order valence-corrected chi connectivity index (χ4v) is 5.48. The first-order chi connectivity index (χ1) is 16.9. The van der Waals surface area contributed by atoms with Crippen molar-refractivity contribution in [3.8, 4) is 5.75 Å². The fraction of sp³-hybridized carbons (Fsp3) is 0.400. The Bertz CT molecular complexity index is 1230. The molecule has 2 atom stereocenters. The zero-order chi connectivity index (χ0) is 24.5. The number of hydrogen-bond acceptors (Lipinski definition) is 8. The van der Waals surface area contributed by atoms with Crippen LogP contribution in [-0.4, -0.2) is 83.2 Å². The highest BCUT2D eigenvalue weighted by Crippen LogP contribution is 2.27. The van der Waals surface area contributed by atoms with Crippen molar-refractivity contribution in [2.45, 2.75) is 25.5 Å². The second kappa shape index (κ2) is 9.98. The average Bonchev–Trinajstić information content (AvgIpc) is 3.36. The number of carbonyl (C=O) groups is 2. The maximum Gasteiger partial charge on any atom is 0.251 e. The number of piperazine rings is 1. The van der Waals surface area contributed by atoms with E-state index in [0.29, 0.717) is 44.2 Å². The van der Waals surface area contributed by atoms with E-state index in [1.54, 1.807) is 11.3 Å². The molecule has 2 saturated heterocycles. The standard InChI is InChI=1S/C25H27FN4O4S/c1-16-27-21-12-20(6-7-23(21)35-16)34-15-19(31)14-28-8-10-29(11-9-28)22-13-24(32)30(25(22)33)18-4-2-17(26)3-5-18/h2-7,12,19,22,31H,8-11,13-15H2,1H3/t19-,22?/m1/s1. The zero-order valence-electron chi connectivity index (χ0n) is 19.4. The van der Waals surface area contributed by atoms with E-state index < -0.39 is 18.0 Å². The highest BCUT2D eigenvalue weighted by atomic mass is 32.1. The Morgan fingerprint density at radius 2 is 1.89 bits per heavy atom. The summed E-state index contributed by atoms with van der Waals surface area (Å²) in [6, 6.07) is 10.6. The molecule has 2 aromatic carbocycles. The molecule has 0 radical (unpaired) electrons. The summed E-state index contributed by atoms with van der Waals surface area (Å²) in [5, 5.41) is 11.5. The third kappa shape index (κ3) is 5.20. The van der Waals surface area contributed by atoms with Crippen molar-refractivity contribution in [1.29, 1.82) is 0 Å². The largest absolute Gasteiger partial charge is 0.491 e. The number of imide groups is 1. The minimum Gasteiger partial charge on any atom is -0.491 e. The average molecular weight is 499 g/mol. The minimum atomic E-state index is -0.655. The van der Waals surface area contributed by atoms with E-state index >= 15 is 0 Å². The number of aromatic nitrogens is 1. The van der Waals surface area contributed by atoms with Gasteiger partial charge in [-0.25, -0.2) is 14.3 Å². The van der Waals surface area contributed by atoms with Crippen molar-refractivity contribution in [2.24, 2.45) is 0 Å². The number of carbonyl (C=O) groups excluding carboxylic acids is 2. The number of thiazole rings is 1. The molecule has 2 aliphatic rings. The summed E-state index contributed by atoms with van der Waals surface area (Å²) in [6.45, 7) is 5.20. The summed E-state index contributed by atoms with van der Waals surface area (Å²) in [7, 11) is 0. The molecule has 2 aliphatic heterocycles. The van der Waals surface area contributed by atoms with Gasteiger partial charge in [0, 0.05) is 38.8 Å². The number of nitrogens with zero attached hydrogens (tertiary/aromatic N) is 4. The van der Waals surface area contributed by atoms with Gasteiger partial charge in [-0.15, -0.1) is 11.3 Å². The van der Waals surface area contributed by atoms with E-state index in [1.807, 2.05) is 30.0 Å². The number of fused-ring (bicyclic) bond motifs is 1. The number of benzene rings is 2. The van der Waals surface area contributed by atoms with E-state index in [1.165, 1.54) is 24.3 Å². The second-order valence-corrected chi connectivity index (χ2v) is 10.2.